The van der Waals surface area contributed by atoms with Crippen LogP contribution < -0.4 is 4.90 Å². The molecular weight excluding hydrogens is 208 g/mol. The minimum Gasteiger partial charge on any atom is -0.355 e. The second-order valence-electron chi connectivity index (χ2n) is 3.54. The maximum Gasteiger partial charge on any atom is 0.141 e. The Bertz CT molecular complexity index is 461. The molecular formula is C10H12N4S. The fourth-order valence-electron chi connectivity index (χ4n) is 1.77. The van der Waals surface area contributed by atoms with Crippen LogP contribution in [0.1, 0.15) is 0 Å². The molecule has 3 heterocycles. The van der Waals surface area contributed by atoms with Crippen molar-refractivity contribution in [3.8, 4) is 0 Å². The van der Waals surface area contributed by atoms with E-state index in [9.17, 15) is 0 Å². The van der Waals surface area contributed by atoms with Gasteiger partial charge in [0.1, 0.15) is 17.8 Å². The summed E-state index contributed by atoms with van der Waals surface area (Å²) in [4.78, 5) is 11.0. The number of anilines is 1. The molecule has 1 aliphatic heterocycles. The van der Waals surface area contributed by atoms with E-state index in [-0.39, 0.29) is 0 Å². The Kier molecular flexibility index (Phi) is 2.25. The lowest BCUT2D eigenvalue weighted by Crippen LogP contribution is -2.33. The minimum absolute atomic E-state index is 0.971. The molecule has 0 aliphatic carbocycles. The van der Waals surface area contributed by atoms with Gasteiger partial charge in [0.2, 0.25) is 0 Å². The highest BCUT2D eigenvalue weighted by Gasteiger charge is 2.12. The smallest absolute Gasteiger partial charge is 0.141 e. The molecule has 0 unspecified atom stereocenters. The zero-order chi connectivity index (χ0) is 10.1. The molecule has 1 saturated heterocycles. The van der Waals surface area contributed by atoms with E-state index in [0.29, 0.717) is 0 Å². The average molecular weight is 220 g/mol. The summed E-state index contributed by atoms with van der Waals surface area (Å²) in [5.41, 5.74) is 0.971. The first-order valence-corrected chi connectivity index (χ1v) is 6.20. The van der Waals surface area contributed by atoms with Crippen LogP contribution in [0.3, 0.4) is 0 Å². The van der Waals surface area contributed by atoms with E-state index in [4.69, 9.17) is 0 Å². The van der Waals surface area contributed by atoms with E-state index >= 15 is 0 Å². The van der Waals surface area contributed by atoms with Crippen LogP contribution in [0.2, 0.25) is 0 Å². The molecule has 0 N–H and O–H groups in total. The van der Waals surface area contributed by atoms with Gasteiger partial charge in [0.25, 0.3) is 0 Å². The normalized spacial score (nSPS) is 17.2. The summed E-state index contributed by atoms with van der Waals surface area (Å²) in [5, 5.41) is 0. The predicted octanol–water partition coefficient (Wildman–Crippen LogP) is 1.28. The van der Waals surface area contributed by atoms with Gasteiger partial charge < -0.3 is 4.90 Å². The molecule has 2 aromatic rings. The number of thioether (sulfide) groups is 1. The Morgan fingerprint density at radius 1 is 1.20 bits per heavy atom. The van der Waals surface area contributed by atoms with Crippen molar-refractivity contribution in [2.45, 2.75) is 0 Å². The van der Waals surface area contributed by atoms with Gasteiger partial charge in [-0.15, -0.1) is 0 Å². The number of hydrogen-bond acceptors (Lipinski definition) is 4. The zero-order valence-corrected chi connectivity index (χ0v) is 9.15. The van der Waals surface area contributed by atoms with Crippen molar-refractivity contribution < 1.29 is 0 Å². The van der Waals surface area contributed by atoms with Gasteiger partial charge >= 0.3 is 0 Å². The third-order valence-electron chi connectivity index (χ3n) is 2.61. The standard InChI is InChI=1S/C10H12N4S/c1-2-14-8-12-10(7-9(14)11-1)13-3-5-15-6-4-13/h1-2,7-8H,3-6H2. The highest BCUT2D eigenvalue weighted by molar-refractivity contribution is 7.99. The Morgan fingerprint density at radius 2 is 2.07 bits per heavy atom. The summed E-state index contributed by atoms with van der Waals surface area (Å²) in [5.74, 6) is 3.44. The van der Waals surface area contributed by atoms with Gasteiger partial charge in [0, 0.05) is 43.1 Å². The largest absolute Gasteiger partial charge is 0.355 e. The SMILES string of the molecule is c1cn2cnc(N3CCSCC3)cc2n1. The molecule has 0 atom stereocenters. The van der Waals surface area contributed by atoms with Crippen LogP contribution in [-0.2, 0) is 0 Å². The highest BCUT2D eigenvalue weighted by Crippen LogP contribution is 2.17. The lowest BCUT2D eigenvalue weighted by atomic mass is 10.4. The maximum atomic E-state index is 4.44. The van der Waals surface area contributed by atoms with Crippen LogP contribution in [-0.4, -0.2) is 39.0 Å². The minimum atomic E-state index is 0.971. The molecule has 0 spiro atoms. The average Bonchev–Trinajstić information content (AvgIpc) is 2.77. The topological polar surface area (TPSA) is 33.4 Å². The van der Waals surface area contributed by atoms with Crippen LogP contribution in [0.5, 0.6) is 0 Å². The summed E-state index contributed by atoms with van der Waals surface area (Å²) in [6.45, 7) is 2.18. The molecule has 3 rings (SSSR count). The van der Waals surface area contributed by atoms with Gasteiger partial charge in [-0.05, 0) is 0 Å². The van der Waals surface area contributed by atoms with E-state index in [0.717, 1.165) is 24.6 Å². The lowest BCUT2D eigenvalue weighted by molar-refractivity contribution is 0.833. The third-order valence-corrected chi connectivity index (χ3v) is 3.55. The summed E-state index contributed by atoms with van der Waals surface area (Å²) >= 11 is 2.01. The van der Waals surface area contributed by atoms with Gasteiger partial charge in [-0.3, -0.25) is 4.40 Å². The first-order chi connectivity index (χ1) is 7.43. The Morgan fingerprint density at radius 3 is 2.93 bits per heavy atom. The summed E-state index contributed by atoms with van der Waals surface area (Å²) in [6.07, 6.45) is 5.55. The second kappa shape index (κ2) is 3.73. The molecule has 15 heavy (non-hydrogen) atoms. The molecule has 1 fully saturated rings. The van der Waals surface area contributed by atoms with Gasteiger partial charge in [-0.1, -0.05) is 0 Å². The van der Waals surface area contributed by atoms with E-state index < -0.39 is 0 Å². The quantitative estimate of drug-likeness (QED) is 0.725. The Labute approximate surface area is 92.3 Å². The summed E-state index contributed by atoms with van der Waals surface area (Å²) in [7, 11) is 0. The fourth-order valence-corrected chi connectivity index (χ4v) is 2.68. The van der Waals surface area contributed by atoms with E-state index in [2.05, 4.69) is 20.9 Å². The molecule has 0 aromatic carbocycles. The van der Waals surface area contributed by atoms with Crippen molar-refractivity contribution >= 4 is 23.2 Å². The zero-order valence-electron chi connectivity index (χ0n) is 8.33. The first kappa shape index (κ1) is 9.03. The van der Waals surface area contributed by atoms with Crippen LogP contribution in [0.25, 0.3) is 5.65 Å². The summed E-state index contributed by atoms with van der Waals surface area (Å²) in [6, 6.07) is 2.05. The van der Waals surface area contributed by atoms with Crippen molar-refractivity contribution in [2.24, 2.45) is 0 Å². The molecule has 0 amide bonds. The van der Waals surface area contributed by atoms with E-state index in [1.54, 1.807) is 6.20 Å². The molecule has 4 nitrogen and oxygen atoms in total. The third kappa shape index (κ3) is 1.67. The van der Waals surface area contributed by atoms with Gasteiger partial charge in [0.15, 0.2) is 0 Å². The molecule has 5 heteroatoms. The molecule has 78 valence electrons. The Balaban J connectivity index is 1.95. The van der Waals surface area contributed by atoms with Crippen LogP contribution in [0, 0.1) is 0 Å². The van der Waals surface area contributed by atoms with Gasteiger partial charge in [0.05, 0.1) is 0 Å². The summed E-state index contributed by atoms with van der Waals surface area (Å²) < 4.78 is 1.93. The van der Waals surface area contributed by atoms with Crippen molar-refractivity contribution in [1.82, 2.24) is 14.4 Å². The monoisotopic (exact) mass is 220 g/mol. The van der Waals surface area contributed by atoms with E-state index in [1.807, 2.05) is 28.7 Å². The van der Waals surface area contributed by atoms with Crippen molar-refractivity contribution in [3.05, 3.63) is 24.8 Å². The van der Waals surface area contributed by atoms with Crippen molar-refractivity contribution in [1.29, 1.82) is 0 Å². The fraction of sp³-hybridized carbons (Fsp3) is 0.400. The number of rotatable bonds is 1. The number of imidazole rings is 1. The maximum absolute atomic E-state index is 4.44. The molecule has 0 bridgehead atoms. The van der Waals surface area contributed by atoms with Crippen LogP contribution in [0.4, 0.5) is 5.82 Å². The molecule has 2 aromatic heterocycles. The number of nitrogens with zero attached hydrogens (tertiary/aromatic N) is 4. The number of fused-ring (bicyclic) bond motifs is 1. The first-order valence-electron chi connectivity index (χ1n) is 5.05. The molecule has 1 aliphatic rings. The van der Waals surface area contributed by atoms with Crippen molar-refractivity contribution in [3.63, 3.8) is 0 Å². The van der Waals surface area contributed by atoms with Gasteiger partial charge in [-0.2, -0.15) is 11.8 Å². The van der Waals surface area contributed by atoms with E-state index in [1.165, 1.54) is 11.5 Å². The van der Waals surface area contributed by atoms with Crippen molar-refractivity contribution in [2.75, 3.05) is 29.5 Å². The highest BCUT2D eigenvalue weighted by atomic mass is 32.2. The second-order valence-corrected chi connectivity index (χ2v) is 4.76. The number of aromatic nitrogens is 3. The lowest BCUT2D eigenvalue weighted by Gasteiger charge is -2.27. The Hall–Kier alpha value is -1.23. The molecule has 0 saturated carbocycles. The number of hydrogen-bond donors (Lipinski definition) is 0. The van der Waals surface area contributed by atoms with Crippen LogP contribution >= 0.6 is 11.8 Å². The van der Waals surface area contributed by atoms with Crippen LogP contribution in [0.15, 0.2) is 24.8 Å². The predicted molar refractivity (Wildman–Crippen MR) is 62.5 cm³/mol. The van der Waals surface area contributed by atoms with Gasteiger partial charge in [-0.25, -0.2) is 9.97 Å². The molecule has 0 radical (unpaired) electrons.